The van der Waals surface area contributed by atoms with Crippen molar-refractivity contribution in [3.8, 4) is 5.75 Å². The highest BCUT2D eigenvalue weighted by molar-refractivity contribution is 5.40. The normalized spacial score (nSPS) is 25.6. The molecule has 0 spiro atoms. The summed E-state index contributed by atoms with van der Waals surface area (Å²) in [6, 6.07) is 5.57. The number of halogens is 1. The fourth-order valence-electron chi connectivity index (χ4n) is 1.85. The van der Waals surface area contributed by atoms with Crippen molar-refractivity contribution in [1.29, 1.82) is 0 Å². The van der Waals surface area contributed by atoms with Crippen LogP contribution in [-0.4, -0.2) is 13.7 Å². The van der Waals surface area contributed by atoms with Crippen LogP contribution in [0, 0.1) is 0 Å². The Bertz CT molecular complexity index is 349. The third-order valence-corrected chi connectivity index (χ3v) is 2.65. The lowest BCUT2D eigenvalue weighted by atomic mass is 9.89. The number of alkyl halides is 1. The van der Waals surface area contributed by atoms with Crippen molar-refractivity contribution in [3.05, 3.63) is 29.3 Å². The van der Waals surface area contributed by atoms with Crippen molar-refractivity contribution in [1.82, 2.24) is 5.32 Å². The molecular weight excluding hydrogens is 181 g/mol. The zero-order chi connectivity index (χ0) is 10.2. The molecule has 1 atom stereocenters. The van der Waals surface area contributed by atoms with E-state index in [1.165, 1.54) is 0 Å². The first-order chi connectivity index (χ1) is 6.63. The van der Waals surface area contributed by atoms with E-state index in [1.807, 2.05) is 12.1 Å². The monoisotopic (exact) mass is 195 g/mol. The molecular formula is C11H14FNO. The SMILES string of the molecule is COc1ccc2c(c1)C(C)(F)CNC2. The van der Waals surface area contributed by atoms with E-state index >= 15 is 0 Å². The van der Waals surface area contributed by atoms with Gasteiger partial charge in [-0.1, -0.05) is 6.07 Å². The zero-order valence-electron chi connectivity index (χ0n) is 8.43. The molecule has 1 heterocycles. The molecule has 3 heteroatoms. The number of hydrogen-bond acceptors (Lipinski definition) is 2. The molecule has 0 saturated heterocycles. The molecule has 1 aromatic carbocycles. The fourth-order valence-corrected chi connectivity index (χ4v) is 1.85. The highest BCUT2D eigenvalue weighted by Crippen LogP contribution is 2.33. The first-order valence-corrected chi connectivity index (χ1v) is 4.70. The van der Waals surface area contributed by atoms with Gasteiger partial charge in [0.15, 0.2) is 0 Å². The van der Waals surface area contributed by atoms with Gasteiger partial charge in [0, 0.05) is 13.1 Å². The first-order valence-electron chi connectivity index (χ1n) is 4.70. The highest BCUT2D eigenvalue weighted by atomic mass is 19.1. The van der Waals surface area contributed by atoms with Crippen LogP contribution in [0.4, 0.5) is 4.39 Å². The fraction of sp³-hybridized carbons (Fsp3) is 0.455. The summed E-state index contributed by atoms with van der Waals surface area (Å²) in [6.45, 7) is 2.70. The van der Waals surface area contributed by atoms with E-state index in [0.717, 1.165) is 23.4 Å². The standard InChI is InChI=1S/C11H14FNO/c1-11(12)7-13-6-8-3-4-9(14-2)5-10(8)11/h3-5,13H,6-7H2,1-2H3. The lowest BCUT2D eigenvalue weighted by Gasteiger charge is -2.29. The quantitative estimate of drug-likeness (QED) is 0.739. The van der Waals surface area contributed by atoms with Crippen LogP contribution >= 0.6 is 0 Å². The molecule has 2 rings (SSSR count). The number of nitrogens with one attached hydrogen (secondary N) is 1. The number of fused-ring (bicyclic) bond motifs is 1. The van der Waals surface area contributed by atoms with Gasteiger partial charge >= 0.3 is 0 Å². The van der Waals surface area contributed by atoms with Gasteiger partial charge in [0.05, 0.1) is 7.11 Å². The number of rotatable bonds is 1. The summed E-state index contributed by atoms with van der Waals surface area (Å²) >= 11 is 0. The zero-order valence-corrected chi connectivity index (χ0v) is 8.43. The van der Waals surface area contributed by atoms with Gasteiger partial charge in [0.1, 0.15) is 11.4 Å². The van der Waals surface area contributed by atoms with Gasteiger partial charge in [-0.3, -0.25) is 0 Å². The van der Waals surface area contributed by atoms with E-state index in [4.69, 9.17) is 4.74 Å². The minimum Gasteiger partial charge on any atom is -0.497 e. The maximum atomic E-state index is 14.1. The van der Waals surface area contributed by atoms with Crippen LogP contribution in [0.15, 0.2) is 18.2 Å². The Labute approximate surface area is 83.1 Å². The van der Waals surface area contributed by atoms with Gasteiger partial charge in [0.25, 0.3) is 0 Å². The van der Waals surface area contributed by atoms with Gasteiger partial charge in [-0.25, -0.2) is 4.39 Å². The van der Waals surface area contributed by atoms with E-state index in [9.17, 15) is 4.39 Å². The molecule has 1 aliphatic rings. The van der Waals surface area contributed by atoms with E-state index in [-0.39, 0.29) is 0 Å². The number of hydrogen-bond donors (Lipinski definition) is 1. The average molecular weight is 195 g/mol. The van der Waals surface area contributed by atoms with Gasteiger partial charge in [-0.05, 0) is 30.2 Å². The van der Waals surface area contributed by atoms with Crippen molar-refractivity contribution >= 4 is 0 Å². The molecule has 1 aromatic rings. The summed E-state index contributed by atoms with van der Waals surface area (Å²) < 4.78 is 19.1. The summed E-state index contributed by atoms with van der Waals surface area (Å²) in [5.74, 6) is 0.717. The van der Waals surface area contributed by atoms with Crippen molar-refractivity contribution in [3.63, 3.8) is 0 Å². The van der Waals surface area contributed by atoms with Gasteiger partial charge < -0.3 is 10.1 Å². The molecule has 76 valence electrons. The second kappa shape index (κ2) is 3.24. The molecule has 0 fully saturated rings. The van der Waals surface area contributed by atoms with Gasteiger partial charge in [-0.15, -0.1) is 0 Å². The molecule has 1 aliphatic heterocycles. The smallest absolute Gasteiger partial charge is 0.146 e. The van der Waals surface area contributed by atoms with Crippen LogP contribution < -0.4 is 10.1 Å². The minimum absolute atomic E-state index is 0.368. The molecule has 0 aliphatic carbocycles. The molecule has 0 aromatic heterocycles. The van der Waals surface area contributed by atoms with Crippen LogP contribution in [0.25, 0.3) is 0 Å². The predicted octanol–water partition coefficient (Wildman–Crippen LogP) is 1.98. The summed E-state index contributed by atoms with van der Waals surface area (Å²) in [5.41, 5.74) is 0.472. The van der Waals surface area contributed by atoms with E-state index in [0.29, 0.717) is 6.54 Å². The Morgan fingerprint density at radius 1 is 1.50 bits per heavy atom. The van der Waals surface area contributed by atoms with Crippen molar-refractivity contribution < 1.29 is 9.13 Å². The number of benzene rings is 1. The number of ether oxygens (including phenoxy) is 1. The molecule has 0 amide bonds. The maximum absolute atomic E-state index is 14.1. The molecule has 0 saturated carbocycles. The molecule has 0 radical (unpaired) electrons. The summed E-state index contributed by atoms with van der Waals surface area (Å²) in [5, 5.41) is 3.05. The Hall–Kier alpha value is -1.09. The molecule has 0 bridgehead atoms. The lowest BCUT2D eigenvalue weighted by molar-refractivity contribution is 0.172. The maximum Gasteiger partial charge on any atom is 0.146 e. The van der Waals surface area contributed by atoms with Crippen LogP contribution in [-0.2, 0) is 12.2 Å². The third kappa shape index (κ3) is 1.48. The Morgan fingerprint density at radius 2 is 2.29 bits per heavy atom. The largest absolute Gasteiger partial charge is 0.497 e. The predicted molar refractivity (Wildman–Crippen MR) is 53.2 cm³/mol. The molecule has 2 nitrogen and oxygen atoms in total. The second-order valence-corrected chi connectivity index (χ2v) is 3.82. The summed E-state index contributed by atoms with van der Waals surface area (Å²) in [6.07, 6.45) is 0. The van der Waals surface area contributed by atoms with E-state index in [2.05, 4.69) is 5.32 Å². The first kappa shape index (κ1) is 9.46. The molecule has 1 unspecified atom stereocenters. The second-order valence-electron chi connectivity index (χ2n) is 3.82. The Balaban J connectivity index is 2.49. The van der Waals surface area contributed by atoms with E-state index < -0.39 is 5.67 Å². The van der Waals surface area contributed by atoms with Crippen LogP contribution in [0.3, 0.4) is 0 Å². The van der Waals surface area contributed by atoms with Gasteiger partial charge in [0.2, 0.25) is 0 Å². The van der Waals surface area contributed by atoms with Crippen LogP contribution in [0.2, 0.25) is 0 Å². The van der Waals surface area contributed by atoms with Gasteiger partial charge in [-0.2, -0.15) is 0 Å². The van der Waals surface area contributed by atoms with Crippen molar-refractivity contribution in [2.75, 3.05) is 13.7 Å². The molecule has 1 N–H and O–H groups in total. The minimum atomic E-state index is -1.29. The summed E-state index contributed by atoms with van der Waals surface area (Å²) in [4.78, 5) is 0. The highest BCUT2D eigenvalue weighted by Gasteiger charge is 2.31. The number of methoxy groups -OCH3 is 1. The van der Waals surface area contributed by atoms with Crippen molar-refractivity contribution in [2.45, 2.75) is 19.1 Å². The van der Waals surface area contributed by atoms with Crippen LogP contribution in [0.5, 0.6) is 5.75 Å². The van der Waals surface area contributed by atoms with Crippen LogP contribution in [0.1, 0.15) is 18.1 Å². The topological polar surface area (TPSA) is 21.3 Å². The third-order valence-electron chi connectivity index (χ3n) is 2.65. The lowest BCUT2D eigenvalue weighted by Crippen LogP contribution is -2.37. The van der Waals surface area contributed by atoms with E-state index in [1.54, 1.807) is 20.1 Å². The van der Waals surface area contributed by atoms with Crippen molar-refractivity contribution in [2.24, 2.45) is 0 Å². The average Bonchev–Trinajstić information content (AvgIpc) is 2.17. The summed E-state index contributed by atoms with van der Waals surface area (Å²) in [7, 11) is 1.60. The molecule has 14 heavy (non-hydrogen) atoms. The Kier molecular flexibility index (Phi) is 2.19. The Morgan fingerprint density at radius 3 is 3.00 bits per heavy atom.